The molecule has 15 heavy (non-hydrogen) atoms. The zero-order chi connectivity index (χ0) is 11.6. The first-order valence-corrected chi connectivity index (χ1v) is 3.49. The van der Waals surface area contributed by atoms with Crippen molar-refractivity contribution < 1.29 is 18.1 Å². The molecule has 1 aromatic heterocycles. The third-order valence-corrected chi connectivity index (χ3v) is 1.46. The molecular weight excluding hydrogens is 215 g/mol. The number of hydrogen-bond donors (Lipinski definition) is 0. The molecule has 1 aromatic rings. The normalized spacial score (nSPS) is 10.8. The van der Waals surface area contributed by atoms with Gasteiger partial charge in [-0.3, -0.25) is 0 Å². The largest absolute Gasteiger partial charge is 0.457 e. The zero-order valence-corrected chi connectivity index (χ0v) is 6.95. The van der Waals surface area contributed by atoms with Gasteiger partial charge in [-0.15, -0.1) is 0 Å². The fourth-order valence-electron chi connectivity index (χ4n) is 0.833. The molecule has 0 saturated heterocycles. The van der Waals surface area contributed by atoms with Gasteiger partial charge in [0, 0.05) is 0 Å². The lowest BCUT2D eigenvalue weighted by Gasteiger charge is -2.01. The van der Waals surface area contributed by atoms with Crippen LogP contribution in [0.1, 0.15) is 11.3 Å². The monoisotopic (exact) mass is 217 g/mol. The van der Waals surface area contributed by atoms with Crippen molar-refractivity contribution in [3.63, 3.8) is 0 Å². The van der Waals surface area contributed by atoms with Crippen LogP contribution >= 0.6 is 0 Å². The van der Waals surface area contributed by atoms with Crippen molar-refractivity contribution in [2.75, 3.05) is 0 Å². The van der Waals surface area contributed by atoms with E-state index in [9.17, 15) is 23.3 Å². The number of nitro groups is 1. The minimum absolute atomic E-state index is 0.506. The molecule has 78 valence electrons. The van der Waals surface area contributed by atoms with Crippen molar-refractivity contribution >= 4 is 5.82 Å². The predicted molar refractivity (Wildman–Crippen MR) is 40.6 cm³/mol. The average molecular weight is 217 g/mol. The average Bonchev–Trinajstić information content (AvgIpc) is 2.15. The van der Waals surface area contributed by atoms with E-state index in [0.717, 1.165) is 0 Å². The fraction of sp³-hybridized carbons (Fsp3) is 0.143. The third kappa shape index (κ3) is 2.19. The van der Waals surface area contributed by atoms with Crippen LogP contribution in [0.4, 0.5) is 19.0 Å². The topological polar surface area (TPSA) is 79.8 Å². The van der Waals surface area contributed by atoms with Crippen molar-refractivity contribution in [3.05, 3.63) is 33.5 Å². The molecule has 0 aliphatic heterocycles. The van der Waals surface area contributed by atoms with Crippen molar-refractivity contribution in [2.45, 2.75) is 6.18 Å². The number of nitriles is 1. The second-order valence-electron chi connectivity index (χ2n) is 2.43. The molecule has 0 aliphatic rings. The van der Waals surface area contributed by atoms with Crippen LogP contribution in [-0.4, -0.2) is 9.91 Å². The molecule has 0 amide bonds. The lowest BCUT2D eigenvalue weighted by molar-refractivity contribution is -0.390. The molecule has 0 aromatic carbocycles. The second kappa shape index (κ2) is 3.53. The lowest BCUT2D eigenvalue weighted by atomic mass is 10.2. The Bertz CT molecular complexity index is 450. The number of hydrogen-bond acceptors (Lipinski definition) is 4. The first-order chi connectivity index (χ1) is 6.86. The standard InChI is InChI=1S/C7H2F3N3O2/c8-7(9,10)5-2-1-4(3-11)6(12-5)13(14)15/h1-2H. The molecule has 5 nitrogen and oxygen atoms in total. The summed E-state index contributed by atoms with van der Waals surface area (Å²) in [5, 5.41) is 18.7. The maximum absolute atomic E-state index is 12.1. The Morgan fingerprint density at radius 2 is 2.07 bits per heavy atom. The summed E-state index contributed by atoms with van der Waals surface area (Å²) in [5.41, 5.74) is -1.90. The van der Waals surface area contributed by atoms with Crippen LogP contribution in [0.5, 0.6) is 0 Å². The van der Waals surface area contributed by atoms with Crippen LogP contribution in [0.25, 0.3) is 0 Å². The van der Waals surface area contributed by atoms with Crippen LogP contribution in [0.2, 0.25) is 0 Å². The number of alkyl halides is 3. The summed E-state index contributed by atoms with van der Waals surface area (Å²) in [4.78, 5) is 11.9. The Morgan fingerprint density at radius 1 is 1.47 bits per heavy atom. The number of nitrogens with zero attached hydrogens (tertiary/aromatic N) is 3. The molecule has 0 atom stereocenters. The third-order valence-electron chi connectivity index (χ3n) is 1.46. The van der Waals surface area contributed by atoms with Gasteiger partial charge in [0.15, 0.2) is 0 Å². The molecule has 0 bridgehead atoms. The van der Waals surface area contributed by atoms with E-state index in [1.165, 1.54) is 6.07 Å². The van der Waals surface area contributed by atoms with E-state index in [2.05, 4.69) is 4.98 Å². The van der Waals surface area contributed by atoms with Crippen LogP contribution in [0.3, 0.4) is 0 Å². The summed E-state index contributed by atoms with van der Waals surface area (Å²) in [6.07, 6.45) is -4.77. The van der Waals surface area contributed by atoms with E-state index in [-0.39, 0.29) is 0 Å². The molecule has 0 radical (unpaired) electrons. The number of aromatic nitrogens is 1. The molecule has 8 heteroatoms. The molecule has 0 fully saturated rings. The van der Waals surface area contributed by atoms with Gasteiger partial charge >= 0.3 is 12.0 Å². The number of halogens is 3. The van der Waals surface area contributed by atoms with Crippen LogP contribution < -0.4 is 0 Å². The van der Waals surface area contributed by atoms with Crippen LogP contribution in [0, 0.1) is 21.4 Å². The highest BCUT2D eigenvalue weighted by molar-refractivity contribution is 5.43. The van der Waals surface area contributed by atoms with Gasteiger partial charge in [0.25, 0.3) is 5.69 Å². The molecule has 1 heterocycles. The maximum atomic E-state index is 12.1. The first-order valence-electron chi connectivity index (χ1n) is 3.49. The Hall–Kier alpha value is -2.17. The van der Waals surface area contributed by atoms with Crippen molar-refractivity contribution in [2.24, 2.45) is 0 Å². The summed E-state index contributed by atoms with van der Waals surface area (Å²) in [6, 6.07) is 2.62. The van der Waals surface area contributed by atoms with Gasteiger partial charge < -0.3 is 10.1 Å². The Balaban J connectivity index is 3.37. The van der Waals surface area contributed by atoms with E-state index in [4.69, 9.17) is 5.26 Å². The van der Waals surface area contributed by atoms with Crippen LogP contribution in [-0.2, 0) is 6.18 Å². The van der Waals surface area contributed by atoms with Crippen LogP contribution in [0.15, 0.2) is 12.1 Å². The summed E-state index contributed by atoms with van der Waals surface area (Å²) < 4.78 is 36.3. The van der Waals surface area contributed by atoms with E-state index in [1.807, 2.05) is 0 Å². The van der Waals surface area contributed by atoms with E-state index in [0.29, 0.717) is 12.1 Å². The predicted octanol–water partition coefficient (Wildman–Crippen LogP) is 1.88. The minimum atomic E-state index is -4.77. The lowest BCUT2D eigenvalue weighted by Crippen LogP contribution is -2.10. The molecule has 0 N–H and O–H groups in total. The van der Waals surface area contributed by atoms with Crippen molar-refractivity contribution in [3.8, 4) is 6.07 Å². The molecule has 0 aliphatic carbocycles. The van der Waals surface area contributed by atoms with Gasteiger partial charge in [-0.1, -0.05) is 0 Å². The van der Waals surface area contributed by atoms with E-state index in [1.54, 1.807) is 0 Å². The summed E-state index contributed by atoms with van der Waals surface area (Å²) in [5.74, 6) is -1.09. The van der Waals surface area contributed by atoms with Gasteiger partial charge in [0.1, 0.15) is 11.6 Å². The molecule has 0 spiro atoms. The van der Waals surface area contributed by atoms with E-state index < -0.39 is 28.2 Å². The number of pyridine rings is 1. The molecule has 1 rings (SSSR count). The summed E-state index contributed by atoms with van der Waals surface area (Å²) >= 11 is 0. The highest BCUT2D eigenvalue weighted by Crippen LogP contribution is 2.29. The highest BCUT2D eigenvalue weighted by atomic mass is 19.4. The molecular formula is C7H2F3N3O2. The first kappa shape index (κ1) is 10.9. The summed E-state index contributed by atoms with van der Waals surface area (Å²) in [7, 11) is 0. The van der Waals surface area contributed by atoms with Gasteiger partial charge in [0.2, 0.25) is 0 Å². The fourth-order valence-corrected chi connectivity index (χ4v) is 0.833. The minimum Gasteiger partial charge on any atom is -0.358 e. The van der Waals surface area contributed by atoms with Gasteiger partial charge in [0.05, 0.1) is 0 Å². The maximum Gasteiger partial charge on any atom is 0.457 e. The number of rotatable bonds is 1. The Morgan fingerprint density at radius 3 is 2.47 bits per heavy atom. The Labute approximate surface area is 80.9 Å². The van der Waals surface area contributed by atoms with Crippen molar-refractivity contribution in [1.82, 2.24) is 4.98 Å². The SMILES string of the molecule is N#Cc1ccc(C(F)(F)F)nc1[N+](=O)[O-]. The zero-order valence-electron chi connectivity index (χ0n) is 6.95. The van der Waals surface area contributed by atoms with E-state index >= 15 is 0 Å². The van der Waals surface area contributed by atoms with Gasteiger partial charge in [-0.25, -0.2) is 0 Å². The van der Waals surface area contributed by atoms with Gasteiger partial charge in [-0.05, 0) is 22.0 Å². The second-order valence-corrected chi connectivity index (χ2v) is 2.43. The summed E-state index contributed by atoms with van der Waals surface area (Å²) in [6.45, 7) is 0. The van der Waals surface area contributed by atoms with Gasteiger partial charge in [-0.2, -0.15) is 18.4 Å². The molecule has 0 unspecified atom stereocenters. The Kier molecular flexibility index (Phi) is 2.57. The molecule has 0 saturated carbocycles. The van der Waals surface area contributed by atoms with Crippen molar-refractivity contribution in [1.29, 1.82) is 5.26 Å². The smallest absolute Gasteiger partial charge is 0.358 e. The quantitative estimate of drug-likeness (QED) is 0.531. The highest BCUT2D eigenvalue weighted by Gasteiger charge is 2.38.